The van der Waals surface area contributed by atoms with Crippen LogP contribution in [0.5, 0.6) is 0 Å². The summed E-state index contributed by atoms with van der Waals surface area (Å²) in [4.78, 5) is 45.9. The summed E-state index contributed by atoms with van der Waals surface area (Å²) >= 11 is 3.27. The van der Waals surface area contributed by atoms with Gasteiger partial charge in [0.15, 0.2) is 12.7 Å². The van der Waals surface area contributed by atoms with E-state index in [4.69, 9.17) is 9.47 Å². The van der Waals surface area contributed by atoms with Crippen LogP contribution < -0.4 is 0 Å². The van der Waals surface area contributed by atoms with Gasteiger partial charge >= 0.3 is 17.9 Å². The Hall–Kier alpha value is -2.22. The van der Waals surface area contributed by atoms with E-state index in [2.05, 4.69) is 20.7 Å². The van der Waals surface area contributed by atoms with Crippen molar-refractivity contribution in [1.82, 2.24) is 0 Å². The first kappa shape index (κ1) is 19.8. The number of carbonyl (C=O) groups excluding carboxylic acids is 4. The molecule has 130 valence electrons. The molecule has 0 saturated carbocycles. The lowest BCUT2D eigenvalue weighted by Gasteiger charge is -2.25. The van der Waals surface area contributed by atoms with Gasteiger partial charge in [-0.2, -0.15) is 0 Å². The maximum atomic E-state index is 12.3. The third-order valence-corrected chi connectivity index (χ3v) is 3.32. The van der Waals surface area contributed by atoms with E-state index in [9.17, 15) is 19.2 Å². The maximum absolute atomic E-state index is 12.3. The van der Waals surface area contributed by atoms with Crippen molar-refractivity contribution >= 4 is 39.6 Å². The van der Waals surface area contributed by atoms with Crippen LogP contribution in [0.15, 0.2) is 28.7 Å². The summed E-state index contributed by atoms with van der Waals surface area (Å²) < 4.78 is 15.6. The van der Waals surface area contributed by atoms with Crippen molar-refractivity contribution in [2.75, 3.05) is 6.61 Å². The van der Waals surface area contributed by atoms with Crippen molar-refractivity contribution in [3.63, 3.8) is 0 Å². The van der Waals surface area contributed by atoms with E-state index in [0.717, 1.165) is 18.3 Å². The fraction of sp³-hybridized carbons (Fsp3) is 0.375. The number of Topliss-reactive ketones (excluding diaryl/α,β-unsaturated/α-hetero) is 1. The molecule has 0 N–H and O–H groups in total. The number of rotatable bonds is 7. The number of halogens is 1. The van der Waals surface area contributed by atoms with Crippen molar-refractivity contribution in [2.24, 2.45) is 0 Å². The lowest BCUT2D eigenvalue weighted by Crippen LogP contribution is -2.37. The Bertz CT molecular complexity index is 624. The molecule has 24 heavy (non-hydrogen) atoms. The molecule has 1 aromatic carbocycles. The van der Waals surface area contributed by atoms with Gasteiger partial charge in [0.25, 0.3) is 0 Å². The van der Waals surface area contributed by atoms with Gasteiger partial charge in [0.05, 0.1) is 0 Å². The molecule has 0 unspecified atom stereocenters. The molecule has 0 amide bonds. The van der Waals surface area contributed by atoms with Crippen LogP contribution in [0.2, 0.25) is 0 Å². The summed E-state index contributed by atoms with van der Waals surface area (Å²) in [5.74, 6) is -2.74. The zero-order valence-electron chi connectivity index (χ0n) is 13.4. The molecule has 0 aliphatic heterocycles. The Morgan fingerprint density at radius 3 is 1.92 bits per heavy atom. The molecule has 2 atom stereocenters. The van der Waals surface area contributed by atoms with E-state index < -0.39 is 42.5 Å². The Balaban J connectivity index is 3.15. The van der Waals surface area contributed by atoms with E-state index in [-0.39, 0.29) is 0 Å². The van der Waals surface area contributed by atoms with E-state index in [1.165, 1.54) is 6.92 Å². The maximum Gasteiger partial charge on any atom is 0.303 e. The zero-order valence-corrected chi connectivity index (χ0v) is 15.0. The smallest absolute Gasteiger partial charge is 0.303 e. The summed E-state index contributed by atoms with van der Waals surface area (Å²) in [6, 6.07) is 6.61. The molecule has 0 heterocycles. The fourth-order valence-corrected chi connectivity index (χ4v) is 2.13. The van der Waals surface area contributed by atoms with Gasteiger partial charge in [-0.25, -0.2) is 0 Å². The molecule has 8 heteroatoms. The van der Waals surface area contributed by atoms with Crippen LogP contribution in [0.25, 0.3) is 0 Å². The van der Waals surface area contributed by atoms with Crippen LogP contribution in [0.1, 0.15) is 32.4 Å². The molecule has 7 nitrogen and oxygen atoms in total. The van der Waals surface area contributed by atoms with Crippen molar-refractivity contribution in [3.8, 4) is 0 Å². The third kappa shape index (κ3) is 6.49. The number of hydrogen-bond acceptors (Lipinski definition) is 7. The number of hydrogen-bond donors (Lipinski definition) is 0. The van der Waals surface area contributed by atoms with E-state index in [1.807, 2.05) is 0 Å². The Labute approximate surface area is 147 Å². The van der Waals surface area contributed by atoms with Crippen LogP contribution in [-0.2, 0) is 33.4 Å². The number of esters is 3. The number of ether oxygens (including phenoxy) is 3. The molecule has 0 saturated heterocycles. The Kier molecular flexibility index (Phi) is 7.57. The molecular formula is C16H17BrO7. The van der Waals surface area contributed by atoms with Crippen LogP contribution >= 0.6 is 15.9 Å². The van der Waals surface area contributed by atoms with Crippen molar-refractivity contribution in [1.29, 1.82) is 0 Å². The lowest BCUT2D eigenvalue weighted by molar-refractivity contribution is -0.172. The second-order valence-electron chi connectivity index (χ2n) is 4.86. The number of ketones is 1. The van der Waals surface area contributed by atoms with Crippen molar-refractivity contribution in [3.05, 3.63) is 34.3 Å². The minimum Gasteiger partial charge on any atom is -0.458 e. The first-order chi connectivity index (χ1) is 11.2. The molecule has 0 aliphatic carbocycles. The molecule has 0 aromatic heterocycles. The van der Waals surface area contributed by atoms with E-state index in [0.29, 0.717) is 5.56 Å². The number of carbonyl (C=O) groups is 4. The van der Waals surface area contributed by atoms with E-state index >= 15 is 0 Å². The van der Waals surface area contributed by atoms with Gasteiger partial charge in [0.2, 0.25) is 11.9 Å². The molecule has 0 fully saturated rings. The fourth-order valence-electron chi connectivity index (χ4n) is 1.87. The van der Waals surface area contributed by atoms with Crippen LogP contribution in [-0.4, -0.2) is 36.4 Å². The van der Waals surface area contributed by atoms with Crippen LogP contribution in [0, 0.1) is 0 Å². The Morgan fingerprint density at radius 1 is 0.917 bits per heavy atom. The highest BCUT2D eigenvalue weighted by molar-refractivity contribution is 9.10. The third-order valence-electron chi connectivity index (χ3n) is 2.79. The topological polar surface area (TPSA) is 96.0 Å². The van der Waals surface area contributed by atoms with Crippen LogP contribution in [0.3, 0.4) is 0 Å². The highest BCUT2D eigenvalue weighted by Crippen LogP contribution is 2.26. The second-order valence-corrected chi connectivity index (χ2v) is 5.77. The molecule has 0 spiro atoms. The van der Waals surface area contributed by atoms with Crippen molar-refractivity contribution < 1.29 is 33.4 Å². The highest BCUT2D eigenvalue weighted by atomic mass is 79.9. The first-order valence-electron chi connectivity index (χ1n) is 6.96. The highest BCUT2D eigenvalue weighted by Gasteiger charge is 2.35. The van der Waals surface area contributed by atoms with E-state index in [1.54, 1.807) is 24.3 Å². The zero-order chi connectivity index (χ0) is 18.3. The standard InChI is InChI=1S/C16H17BrO7/c1-9(18)22-8-14(21)16(24-11(3)20)15(23-10(2)19)12-4-6-13(17)7-5-12/h4-7,15-16H,8H2,1-3H3/t15-,16-/m0/s1. The monoisotopic (exact) mass is 400 g/mol. The van der Waals surface area contributed by atoms with Crippen molar-refractivity contribution in [2.45, 2.75) is 33.0 Å². The largest absolute Gasteiger partial charge is 0.458 e. The van der Waals surface area contributed by atoms with Gasteiger partial charge < -0.3 is 14.2 Å². The summed E-state index contributed by atoms with van der Waals surface area (Å²) in [5.41, 5.74) is 0.454. The predicted molar refractivity (Wildman–Crippen MR) is 85.8 cm³/mol. The SMILES string of the molecule is CC(=O)OCC(=O)[C@H](OC(C)=O)[C@@H](OC(C)=O)c1ccc(Br)cc1. The van der Waals surface area contributed by atoms with Gasteiger partial charge in [-0.1, -0.05) is 28.1 Å². The number of benzene rings is 1. The second kappa shape index (κ2) is 9.17. The van der Waals surface area contributed by atoms with Gasteiger partial charge in [0, 0.05) is 25.2 Å². The first-order valence-corrected chi connectivity index (χ1v) is 7.76. The molecule has 1 rings (SSSR count). The summed E-state index contributed by atoms with van der Waals surface area (Å²) in [6.07, 6.45) is -2.57. The quantitative estimate of drug-likeness (QED) is 0.510. The lowest BCUT2D eigenvalue weighted by atomic mass is 10.0. The van der Waals surface area contributed by atoms with Gasteiger partial charge in [-0.05, 0) is 17.7 Å². The average molecular weight is 401 g/mol. The minimum atomic E-state index is -1.42. The average Bonchev–Trinajstić information content (AvgIpc) is 2.48. The van der Waals surface area contributed by atoms with Crippen LogP contribution in [0.4, 0.5) is 0 Å². The Morgan fingerprint density at radius 2 is 1.46 bits per heavy atom. The molecule has 0 bridgehead atoms. The molecular weight excluding hydrogens is 384 g/mol. The summed E-state index contributed by atoms with van der Waals surface area (Å²) in [7, 11) is 0. The predicted octanol–water partition coefficient (Wildman–Crippen LogP) is 2.12. The molecule has 0 radical (unpaired) electrons. The normalized spacial score (nSPS) is 12.7. The summed E-state index contributed by atoms with van der Waals surface area (Å²) in [5, 5.41) is 0. The molecule has 1 aromatic rings. The minimum absolute atomic E-state index is 0.454. The van der Waals surface area contributed by atoms with Gasteiger partial charge in [-0.15, -0.1) is 0 Å². The summed E-state index contributed by atoms with van der Waals surface area (Å²) in [6.45, 7) is 2.85. The molecule has 0 aliphatic rings. The van der Waals surface area contributed by atoms with Gasteiger partial charge in [-0.3, -0.25) is 19.2 Å². The van der Waals surface area contributed by atoms with Gasteiger partial charge in [0.1, 0.15) is 0 Å².